The summed E-state index contributed by atoms with van der Waals surface area (Å²) >= 11 is 0. The summed E-state index contributed by atoms with van der Waals surface area (Å²) in [5.74, 6) is -1.52. The highest BCUT2D eigenvalue weighted by molar-refractivity contribution is 5.90. The normalized spacial score (nSPS) is 13.7. The highest BCUT2D eigenvalue weighted by atomic mass is 19.1. The third-order valence-corrected chi connectivity index (χ3v) is 6.45. The molecule has 3 aromatic carbocycles. The Morgan fingerprint density at radius 1 is 0.750 bits per heavy atom. The number of hydrogen-bond acceptors (Lipinski definition) is 6. The Balaban J connectivity index is 1.69. The van der Waals surface area contributed by atoms with Gasteiger partial charge in [-0.25, -0.2) is 18.8 Å². The van der Waals surface area contributed by atoms with Crippen LogP contribution in [0.15, 0.2) is 91.1 Å². The van der Waals surface area contributed by atoms with E-state index >= 15 is 4.39 Å². The lowest BCUT2D eigenvalue weighted by Crippen LogP contribution is -2.14. The van der Waals surface area contributed by atoms with Gasteiger partial charge in [0, 0.05) is 27.8 Å². The molecule has 40 heavy (non-hydrogen) atoms. The number of ether oxygens (including phenoxy) is 3. The van der Waals surface area contributed by atoms with Gasteiger partial charge in [-0.05, 0) is 80.1 Å². The van der Waals surface area contributed by atoms with E-state index in [1.807, 2.05) is 0 Å². The Hall–Kier alpha value is -4.78. The maximum Gasteiger partial charge on any atom is 0.338 e. The predicted molar refractivity (Wildman–Crippen MR) is 150 cm³/mol. The SMILES string of the molecule is C=C(C)C(=O)Oc1ccc(-c2ccc(-c3ccc(OC(=O)C(=C)C)c4c3CCC4OC(=O)C(=C)C)cc2F)cc1. The molecule has 0 aromatic heterocycles. The van der Waals surface area contributed by atoms with Crippen LogP contribution in [0.2, 0.25) is 0 Å². The molecular formula is C33H29FO6. The highest BCUT2D eigenvalue weighted by Gasteiger charge is 2.33. The molecular weight excluding hydrogens is 511 g/mol. The first-order valence-electron chi connectivity index (χ1n) is 12.6. The third kappa shape index (κ3) is 5.94. The highest BCUT2D eigenvalue weighted by Crippen LogP contribution is 2.45. The Labute approximate surface area is 232 Å². The smallest absolute Gasteiger partial charge is 0.338 e. The van der Waals surface area contributed by atoms with E-state index in [4.69, 9.17) is 14.2 Å². The molecule has 0 aliphatic heterocycles. The van der Waals surface area contributed by atoms with E-state index in [1.165, 1.54) is 6.07 Å². The van der Waals surface area contributed by atoms with Crippen molar-refractivity contribution in [2.45, 2.75) is 39.7 Å². The zero-order chi connectivity index (χ0) is 29.1. The van der Waals surface area contributed by atoms with Gasteiger partial charge in [-0.2, -0.15) is 0 Å². The van der Waals surface area contributed by atoms with Crippen LogP contribution in [0.4, 0.5) is 4.39 Å². The first-order chi connectivity index (χ1) is 19.0. The number of fused-ring (bicyclic) bond motifs is 1. The Bertz CT molecular complexity index is 1560. The summed E-state index contributed by atoms with van der Waals surface area (Å²) in [6.45, 7) is 15.5. The maximum absolute atomic E-state index is 15.4. The van der Waals surface area contributed by atoms with Crippen LogP contribution in [-0.2, 0) is 25.5 Å². The molecule has 0 fully saturated rings. The second kappa shape index (κ2) is 11.5. The van der Waals surface area contributed by atoms with Gasteiger partial charge in [0.25, 0.3) is 0 Å². The quantitative estimate of drug-likeness (QED) is 0.170. The zero-order valence-electron chi connectivity index (χ0n) is 22.6. The molecule has 6 nitrogen and oxygen atoms in total. The first-order valence-corrected chi connectivity index (χ1v) is 12.6. The minimum atomic E-state index is -0.645. The van der Waals surface area contributed by atoms with Gasteiger partial charge in [-0.3, -0.25) is 0 Å². The van der Waals surface area contributed by atoms with Gasteiger partial charge < -0.3 is 14.2 Å². The van der Waals surface area contributed by atoms with Gasteiger partial charge >= 0.3 is 17.9 Å². The fourth-order valence-electron chi connectivity index (χ4n) is 4.39. The van der Waals surface area contributed by atoms with Crippen LogP contribution < -0.4 is 9.47 Å². The molecule has 1 aliphatic carbocycles. The van der Waals surface area contributed by atoms with Crippen molar-refractivity contribution in [3.05, 3.63) is 108 Å². The number of carbonyl (C=O) groups excluding carboxylic acids is 3. The van der Waals surface area contributed by atoms with Gasteiger partial charge in [0.2, 0.25) is 0 Å². The summed E-state index contributed by atoms with van der Waals surface area (Å²) in [4.78, 5) is 36.3. The predicted octanol–water partition coefficient (Wildman–Crippen LogP) is 7.23. The monoisotopic (exact) mass is 540 g/mol. The molecule has 4 rings (SSSR count). The van der Waals surface area contributed by atoms with Crippen LogP contribution in [0, 0.1) is 5.82 Å². The fourth-order valence-corrected chi connectivity index (χ4v) is 4.39. The Morgan fingerprint density at radius 2 is 1.32 bits per heavy atom. The van der Waals surface area contributed by atoms with Crippen molar-refractivity contribution >= 4 is 17.9 Å². The molecule has 3 aromatic rings. The van der Waals surface area contributed by atoms with Crippen molar-refractivity contribution < 1.29 is 33.0 Å². The number of benzene rings is 3. The number of rotatable bonds is 8. The topological polar surface area (TPSA) is 78.9 Å². The Kier molecular flexibility index (Phi) is 8.14. The number of halogens is 1. The largest absolute Gasteiger partial charge is 0.454 e. The zero-order valence-corrected chi connectivity index (χ0v) is 22.6. The summed E-state index contributed by atoms with van der Waals surface area (Å²) in [6.07, 6.45) is 0.366. The molecule has 1 aliphatic rings. The van der Waals surface area contributed by atoms with Crippen molar-refractivity contribution in [1.82, 2.24) is 0 Å². The lowest BCUT2D eigenvalue weighted by molar-refractivity contribution is -0.144. The molecule has 0 heterocycles. The van der Waals surface area contributed by atoms with E-state index in [9.17, 15) is 14.4 Å². The average molecular weight is 541 g/mol. The minimum absolute atomic E-state index is 0.228. The molecule has 0 saturated carbocycles. The molecule has 7 heteroatoms. The maximum atomic E-state index is 15.4. The van der Waals surface area contributed by atoms with Crippen LogP contribution in [0.1, 0.15) is 44.4 Å². The minimum Gasteiger partial charge on any atom is -0.454 e. The van der Waals surface area contributed by atoms with E-state index in [-0.39, 0.29) is 22.5 Å². The second-order valence-electron chi connectivity index (χ2n) is 9.78. The summed E-state index contributed by atoms with van der Waals surface area (Å²) in [7, 11) is 0. The van der Waals surface area contributed by atoms with Crippen LogP contribution in [0.5, 0.6) is 11.5 Å². The molecule has 0 bridgehead atoms. The number of hydrogen-bond donors (Lipinski definition) is 0. The van der Waals surface area contributed by atoms with Crippen LogP contribution >= 0.6 is 0 Å². The van der Waals surface area contributed by atoms with Gasteiger partial charge in [0.05, 0.1) is 0 Å². The summed E-state index contributed by atoms with van der Waals surface area (Å²) in [5.41, 5.74) is 4.49. The van der Waals surface area contributed by atoms with Crippen molar-refractivity contribution in [3.8, 4) is 33.8 Å². The number of esters is 3. The van der Waals surface area contributed by atoms with Crippen LogP contribution in [0.25, 0.3) is 22.3 Å². The standard InChI is InChI=1S/C33H29FO6/c1-18(2)31(35)38-23-10-7-21(8-11-23)25-12-9-22(17-27(25)34)24-13-15-28(39-32(36)19(3)4)30-26(24)14-16-29(30)40-33(37)20(5)6/h7-13,15,17,29H,1,3,5,14,16H2,2,4,6H3. The first kappa shape index (κ1) is 28.2. The van der Waals surface area contributed by atoms with Crippen molar-refractivity contribution in [1.29, 1.82) is 0 Å². The lowest BCUT2D eigenvalue weighted by Gasteiger charge is -2.19. The van der Waals surface area contributed by atoms with E-state index < -0.39 is 29.8 Å². The van der Waals surface area contributed by atoms with Gasteiger partial charge in [-0.15, -0.1) is 0 Å². The number of carbonyl (C=O) groups is 3. The molecule has 0 spiro atoms. The molecule has 204 valence electrons. The molecule has 0 amide bonds. The van der Waals surface area contributed by atoms with Gasteiger partial charge in [-0.1, -0.05) is 50.1 Å². The average Bonchev–Trinajstić information content (AvgIpc) is 3.33. The fraction of sp³-hybridized carbons (Fsp3) is 0.182. The van der Waals surface area contributed by atoms with Crippen LogP contribution in [-0.4, -0.2) is 17.9 Å². The summed E-state index contributed by atoms with van der Waals surface area (Å²) < 4.78 is 31.8. The summed E-state index contributed by atoms with van der Waals surface area (Å²) in [6, 6.07) is 14.8. The molecule has 0 radical (unpaired) electrons. The van der Waals surface area contributed by atoms with Gasteiger partial charge in [0.15, 0.2) is 0 Å². The summed E-state index contributed by atoms with van der Waals surface area (Å²) in [5, 5.41) is 0. The molecule has 1 atom stereocenters. The lowest BCUT2D eigenvalue weighted by atomic mass is 9.94. The van der Waals surface area contributed by atoms with Crippen LogP contribution in [0.3, 0.4) is 0 Å². The van der Waals surface area contributed by atoms with E-state index in [1.54, 1.807) is 69.3 Å². The van der Waals surface area contributed by atoms with Crippen molar-refractivity contribution in [2.24, 2.45) is 0 Å². The Morgan fingerprint density at radius 3 is 1.93 bits per heavy atom. The van der Waals surface area contributed by atoms with Crippen molar-refractivity contribution in [3.63, 3.8) is 0 Å². The van der Waals surface area contributed by atoms with Crippen molar-refractivity contribution in [2.75, 3.05) is 0 Å². The second-order valence-corrected chi connectivity index (χ2v) is 9.78. The molecule has 1 unspecified atom stereocenters. The van der Waals surface area contributed by atoms with E-state index in [0.717, 1.165) is 11.1 Å². The van der Waals surface area contributed by atoms with E-state index in [0.29, 0.717) is 40.8 Å². The van der Waals surface area contributed by atoms with Gasteiger partial charge in [0.1, 0.15) is 23.4 Å². The van der Waals surface area contributed by atoms with E-state index in [2.05, 4.69) is 19.7 Å². The molecule has 0 saturated heterocycles. The molecule has 0 N–H and O–H groups in total. The third-order valence-electron chi connectivity index (χ3n) is 6.45.